The van der Waals surface area contributed by atoms with Crippen molar-refractivity contribution in [3.05, 3.63) is 45.1 Å². The van der Waals surface area contributed by atoms with Crippen LogP contribution < -0.4 is 9.47 Å². The Balaban J connectivity index is 1.41. The van der Waals surface area contributed by atoms with E-state index in [2.05, 4.69) is 23.1 Å². The Kier molecular flexibility index (Phi) is 4.56. The number of fused-ring (bicyclic) bond motifs is 2. The molecule has 0 unspecified atom stereocenters. The molecule has 0 spiro atoms. The second kappa shape index (κ2) is 7.19. The molecule has 5 rings (SSSR count). The van der Waals surface area contributed by atoms with Crippen LogP contribution in [0.3, 0.4) is 0 Å². The normalized spacial score (nSPS) is 21.6. The molecule has 1 aliphatic carbocycles. The number of hydrogen-bond acceptors (Lipinski definition) is 4. The van der Waals surface area contributed by atoms with Crippen molar-refractivity contribution in [3.8, 4) is 11.5 Å². The predicted octanol–water partition coefficient (Wildman–Crippen LogP) is 4.77. The highest BCUT2D eigenvalue weighted by Crippen LogP contribution is 2.39. The fourth-order valence-corrected chi connectivity index (χ4v) is 5.69. The van der Waals surface area contributed by atoms with E-state index < -0.39 is 0 Å². The van der Waals surface area contributed by atoms with E-state index in [-0.39, 0.29) is 11.9 Å². The summed E-state index contributed by atoms with van der Waals surface area (Å²) >= 11 is 1.72. The molecule has 1 atom stereocenters. The van der Waals surface area contributed by atoms with Crippen molar-refractivity contribution in [2.75, 3.05) is 19.8 Å². The van der Waals surface area contributed by atoms with Crippen LogP contribution in [0.1, 0.15) is 63.8 Å². The number of ether oxygens (including phenoxy) is 2. The van der Waals surface area contributed by atoms with Gasteiger partial charge in [0, 0.05) is 17.8 Å². The van der Waals surface area contributed by atoms with Gasteiger partial charge in [-0.2, -0.15) is 0 Å². The lowest BCUT2D eigenvalue weighted by Gasteiger charge is -2.25. The highest BCUT2D eigenvalue weighted by Gasteiger charge is 2.32. The molecule has 3 aliphatic rings. The van der Waals surface area contributed by atoms with Gasteiger partial charge in [0.1, 0.15) is 0 Å². The first-order valence-electron chi connectivity index (χ1n) is 10.1. The van der Waals surface area contributed by atoms with Crippen LogP contribution in [-0.2, 0) is 12.8 Å². The average molecular weight is 384 g/mol. The first-order valence-corrected chi connectivity index (χ1v) is 10.9. The molecule has 1 fully saturated rings. The topological polar surface area (TPSA) is 38.8 Å². The summed E-state index contributed by atoms with van der Waals surface area (Å²) in [6.45, 7) is 2.22. The van der Waals surface area contributed by atoms with Crippen molar-refractivity contribution in [2.24, 2.45) is 0 Å². The summed E-state index contributed by atoms with van der Waals surface area (Å²) in [5.41, 5.74) is 2.56. The average Bonchev–Trinajstić information content (AvgIpc) is 3.29. The van der Waals surface area contributed by atoms with Gasteiger partial charge in [0.05, 0.1) is 24.1 Å². The Hall–Kier alpha value is -2.01. The van der Waals surface area contributed by atoms with E-state index in [0.29, 0.717) is 13.2 Å². The summed E-state index contributed by atoms with van der Waals surface area (Å²) < 4.78 is 11.6. The standard InChI is InChI=1S/C22H25NO3S/c24-22(21-14-16-5-1-2-7-20(16)27-21)23-10-3-6-17(23)15-8-9-18-19(13-15)26-12-4-11-25-18/h8-9,13-14,17H,1-7,10-12H2/t17-/m1/s1. The SMILES string of the molecule is O=C(c1cc2c(s1)CCCC2)N1CCC[C@@H]1c1ccc2c(c1)OCCCO2. The molecular weight excluding hydrogens is 358 g/mol. The molecule has 1 aromatic heterocycles. The summed E-state index contributed by atoms with van der Waals surface area (Å²) in [7, 11) is 0. The van der Waals surface area contributed by atoms with Gasteiger partial charge in [-0.1, -0.05) is 6.07 Å². The van der Waals surface area contributed by atoms with E-state index in [0.717, 1.165) is 60.6 Å². The van der Waals surface area contributed by atoms with Gasteiger partial charge in [-0.25, -0.2) is 0 Å². The molecule has 27 heavy (non-hydrogen) atoms. The number of thiophene rings is 1. The summed E-state index contributed by atoms with van der Waals surface area (Å²) in [4.78, 5) is 17.7. The van der Waals surface area contributed by atoms with E-state index in [9.17, 15) is 4.79 Å². The number of carbonyl (C=O) groups excluding carboxylic acids is 1. The fraction of sp³-hybridized carbons (Fsp3) is 0.500. The molecular formula is C22H25NO3S. The lowest BCUT2D eigenvalue weighted by Crippen LogP contribution is -2.30. The maximum atomic E-state index is 13.3. The highest BCUT2D eigenvalue weighted by molar-refractivity contribution is 7.14. The quantitative estimate of drug-likeness (QED) is 0.750. The first-order chi connectivity index (χ1) is 13.3. The molecule has 2 aliphatic heterocycles. The van der Waals surface area contributed by atoms with Gasteiger partial charge in [0.2, 0.25) is 0 Å². The van der Waals surface area contributed by atoms with Crippen molar-refractivity contribution in [3.63, 3.8) is 0 Å². The largest absolute Gasteiger partial charge is 0.490 e. The van der Waals surface area contributed by atoms with Crippen LogP contribution in [0.2, 0.25) is 0 Å². The molecule has 142 valence electrons. The minimum atomic E-state index is 0.133. The Bertz CT molecular complexity index is 836. The molecule has 0 radical (unpaired) electrons. The summed E-state index contributed by atoms with van der Waals surface area (Å²) in [5.74, 6) is 1.83. The predicted molar refractivity (Wildman–Crippen MR) is 106 cm³/mol. The summed E-state index contributed by atoms with van der Waals surface area (Å²) in [5, 5.41) is 0. The smallest absolute Gasteiger partial charge is 0.264 e. The maximum Gasteiger partial charge on any atom is 0.264 e. The summed E-state index contributed by atoms with van der Waals surface area (Å²) in [6.07, 6.45) is 7.74. The van der Waals surface area contributed by atoms with Crippen molar-refractivity contribution < 1.29 is 14.3 Å². The van der Waals surface area contributed by atoms with Crippen molar-refractivity contribution in [2.45, 2.75) is 51.0 Å². The first kappa shape index (κ1) is 17.1. The molecule has 1 amide bonds. The number of amides is 1. The fourth-order valence-electron chi connectivity index (χ4n) is 4.48. The molecule has 0 saturated carbocycles. The van der Waals surface area contributed by atoms with Crippen LogP contribution >= 0.6 is 11.3 Å². The van der Waals surface area contributed by atoms with Gasteiger partial charge in [-0.3, -0.25) is 4.79 Å². The van der Waals surface area contributed by atoms with Crippen molar-refractivity contribution in [1.29, 1.82) is 0 Å². The molecule has 4 nitrogen and oxygen atoms in total. The van der Waals surface area contributed by atoms with Crippen LogP contribution in [0.15, 0.2) is 24.3 Å². The molecule has 5 heteroatoms. The third kappa shape index (κ3) is 3.22. The number of nitrogens with zero attached hydrogens (tertiary/aromatic N) is 1. The number of benzene rings is 1. The van der Waals surface area contributed by atoms with Gasteiger partial charge < -0.3 is 14.4 Å². The Morgan fingerprint density at radius 1 is 1.00 bits per heavy atom. The van der Waals surface area contributed by atoms with Gasteiger partial charge in [-0.05, 0) is 67.9 Å². The lowest BCUT2D eigenvalue weighted by molar-refractivity contribution is 0.0740. The molecule has 1 aromatic carbocycles. The second-order valence-corrected chi connectivity index (χ2v) is 8.82. The van der Waals surface area contributed by atoms with E-state index in [4.69, 9.17) is 9.47 Å². The molecule has 0 N–H and O–H groups in total. The Morgan fingerprint density at radius 2 is 1.85 bits per heavy atom. The van der Waals surface area contributed by atoms with E-state index in [1.807, 2.05) is 6.07 Å². The maximum absolute atomic E-state index is 13.3. The number of hydrogen-bond donors (Lipinski definition) is 0. The van der Waals surface area contributed by atoms with Crippen LogP contribution in [0.4, 0.5) is 0 Å². The third-order valence-electron chi connectivity index (χ3n) is 5.88. The number of likely N-dealkylation sites (tertiary alicyclic amines) is 1. The molecule has 0 bridgehead atoms. The van der Waals surface area contributed by atoms with E-state index in [1.165, 1.54) is 23.3 Å². The third-order valence-corrected chi connectivity index (χ3v) is 7.10. The van der Waals surface area contributed by atoms with Gasteiger partial charge in [-0.15, -0.1) is 11.3 Å². The van der Waals surface area contributed by atoms with Crippen molar-refractivity contribution >= 4 is 17.2 Å². The highest BCUT2D eigenvalue weighted by atomic mass is 32.1. The summed E-state index contributed by atoms with van der Waals surface area (Å²) in [6, 6.07) is 8.47. The lowest BCUT2D eigenvalue weighted by atomic mass is 9.99. The van der Waals surface area contributed by atoms with Gasteiger partial charge in [0.25, 0.3) is 5.91 Å². The Morgan fingerprint density at radius 3 is 2.74 bits per heavy atom. The van der Waals surface area contributed by atoms with Gasteiger partial charge >= 0.3 is 0 Å². The van der Waals surface area contributed by atoms with Crippen LogP contribution in [0.25, 0.3) is 0 Å². The van der Waals surface area contributed by atoms with Crippen LogP contribution in [0, 0.1) is 0 Å². The zero-order valence-electron chi connectivity index (χ0n) is 15.5. The minimum Gasteiger partial charge on any atom is -0.490 e. The molecule has 3 heterocycles. The van der Waals surface area contributed by atoms with E-state index >= 15 is 0 Å². The number of rotatable bonds is 2. The van der Waals surface area contributed by atoms with E-state index in [1.54, 1.807) is 11.3 Å². The zero-order chi connectivity index (χ0) is 18.2. The van der Waals surface area contributed by atoms with Crippen LogP contribution in [-0.4, -0.2) is 30.6 Å². The second-order valence-electron chi connectivity index (χ2n) is 7.68. The number of aryl methyl sites for hydroxylation is 2. The Labute approximate surface area is 164 Å². The van der Waals surface area contributed by atoms with Gasteiger partial charge in [0.15, 0.2) is 11.5 Å². The number of carbonyl (C=O) groups is 1. The van der Waals surface area contributed by atoms with Crippen LogP contribution in [0.5, 0.6) is 11.5 Å². The van der Waals surface area contributed by atoms with Crippen molar-refractivity contribution in [1.82, 2.24) is 4.90 Å². The molecule has 1 saturated heterocycles. The monoisotopic (exact) mass is 383 g/mol. The molecule has 2 aromatic rings. The minimum absolute atomic E-state index is 0.133. The zero-order valence-corrected chi connectivity index (χ0v) is 16.4.